The second-order valence-corrected chi connectivity index (χ2v) is 9.49. The fourth-order valence-corrected chi connectivity index (χ4v) is 5.46. The molecule has 0 aromatic heterocycles. The highest BCUT2D eigenvalue weighted by atomic mass is 32.2. The second-order valence-electron chi connectivity index (χ2n) is 7.95. The highest BCUT2D eigenvalue weighted by Crippen LogP contribution is 2.43. The summed E-state index contributed by atoms with van der Waals surface area (Å²) in [5, 5.41) is 9.20. The van der Waals surface area contributed by atoms with Gasteiger partial charge in [-0.25, -0.2) is 0 Å². The topological polar surface area (TPSA) is 119 Å². The molecule has 1 atom stereocenters. The molecule has 0 radical (unpaired) electrons. The Morgan fingerprint density at radius 2 is 1.80 bits per heavy atom. The van der Waals surface area contributed by atoms with E-state index in [9.17, 15) is 18.3 Å². The third-order valence-electron chi connectivity index (χ3n) is 5.63. The maximum atomic E-state index is 13.2. The van der Waals surface area contributed by atoms with Gasteiger partial charge >= 0.3 is 5.97 Å². The van der Waals surface area contributed by atoms with Crippen molar-refractivity contribution in [1.29, 1.82) is 0 Å². The minimum absolute atomic E-state index is 0.0740. The van der Waals surface area contributed by atoms with E-state index in [1.54, 1.807) is 52.0 Å². The molecule has 0 spiro atoms. The van der Waals surface area contributed by atoms with Crippen molar-refractivity contribution >= 4 is 21.8 Å². The Morgan fingerprint density at radius 1 is 1.17 bits per heavy atom. The van der Waals surface area contributed by atoms with Crippen LogP contribution in [0, 0.1) is 20.8 Å². The van der Waals surface area contributed by atoms with E-state index in [-0.39, 0.29) is 17.2 Å². The summed E-state index contributed by atoms with van der Waals surface area (Å²) in [7, 11) is -4.06. The SMILES string of the molecule is Cc1c(C)c(S(=O)(=O)/N=C(/N)c2ccccc2)c(C)c2c1OC(C)(CC(=O)O)CC2. The normalized spacial score (nSPS) is 19.1. The summed E-state index contributed by atoms with van der Waals surface area (Å²) in [5.41, 5.74) is 8.18. The summed E-state index contributed by atoms with van der Waals surface area (Å²) in [5.74, 6) is -0.439. The first-order chi connectivity index (χ1) is 13.9. The molecule has 3 N–H and O–H groups in total. The Morgan fingerprint density at radius 3 is 2.40 bits per heavy atom. The predicted molar refractivity (Wildman–Crippen MR) is 115 cm³/mol. The van der Waals surface area contributed by atoms with Crippen LogP contribution in [0.15, 0.2) is 39.6 Å². The molecule has 0 aliphatic carbocycles. The molecule has 7 nitrogen and oxygen atoms in total. The van der Waals surface area contributed by atoms with E-state index < -0.39 is 21.6 Å². The predicted octanol–water partition coefficient (Wildman–Crippen LogP) is 3.26. The Labute approximate surface area is 176 Å². The van der Waals surface area contributed by atoms with E-state index in [0.29, 0.717) is 40.8 Å². The number of carboxylic acid groups (broad SMARTS) is 1. The molecule has 0 bridgehead atoms. The maximum Gasteiger partial charge on any atom is 0.307 e. The molecule has 0 saturated carbocycles. The quantitative estimate of drug-likeness (QED) is 0.555. The van der Waals surface area contributed by atoms with E-state index in [0.717, 1.165) is 5.56 Å². The smallest absolute Gasteiger partial charge is 0.307 e. The Hall–Kier alpha value is -2.87. The molecule has 1 unspecified atom stereocenters. The van der Waals surface area contributed by atoms with Gasteiger partial charge in [0.2, 0.25) is 0 Å². The van der Waals surface area contributed by atoms with Crippen LogP contribution in [-0.4, -0.2) is 30.9 Å². The zero-order valence-electron chi connectivity index (χ0n) is 17.5. The van der Waals surface area contributed by atoms with E-state index in [4.69, 9.17) is 10.5 Å². The molecule has 0 fully saturated rings. The number of benzene rings is 2. The Kier molecular flexibility index (Phi) is 5.64. The molecule has 30 heavy (non-hydrogen) atoms. The second kappa shape index (κ2) is 7.75. The van der Waals surface area contributed by atoms with E-state index in [2.05, 4.69) is 4.40 Å². The molecule has 0 saturated heterocycles. The minimum atomic E-state index is -4.06. The largest absolute Gasteiger partial charge is 0.486 e. The summed E-state index contributed by atoms with van der Waals surface area (Å²) in [6.45, 7) is 6.99. The van der Waals surface area contributed by atoms with Gasteiger partial charge in [0.05, 0.1) is 11.3 Å². The summed E-state index contributed by atoms with van der Waals surface area (Å²) < 4.78 is 36.3. The number of sulfonamides is 1. The molecule has 1 aliphatic rings. The number of ether oxygens (including phenoxy) is 1. The first-order valence-electron chi connectivity index (χ1n) is 9.64. The number of hydrogen-bond acceptors (Lipinski definition) is 4. The lowest BCUT2D eigenvalue weighted by Gasteiger charge is -2.37. The number of nitrogens with zero attached hydrogens (tertiary/aromatic N) is 1. The van der Waals surface area contributed by atoms with Gasteiger partial charge in [-0.2, -0.15) is 8.42 Å². The van der Waals surface area contributed by atoms with Crippen LogP contribution in [0.5, 0.6) is 5.75 Å². The van der Waals surface area contributed by atoms with Gasteiger partial charge < -0.3 is 15.6 Å². The summed E-state index contributed by atoms with van der Waals surface area (Å²) in [6.07, 6.45) is 0.874. The van der Waals surface area contributed by atoms with Crippen molar-refractivity contribution in [2.45, 2.75) is 57.5 Å². The molecule has 2 aromatic carbocycles. The van der Waals surface area contributed by atoms with Crippen LogP contribution in [0.1, 0.15) is 47.6 Å². The van der Waals surface area contributed by atoms with Gasteiger partial charge in [0, 0.05) is 5.56 Å². The standard InChI is InChI=1S/C22H26N2O5S/c1-13-14(2)20(30(27,28)24-21(23)16-8-6-5-7-9-16)15(3)17-10-11-22(4,12-18(25)26)29-19(13)17/h5-9H,10-12H2,1-4H3,(H2,23,24)(H,25,26). The van der Waals surface area contributed by atoms with Crippen LogP contribution in [0.2, 0.25) is 0 Å². The third kappa shape index (κ3) is 4.05. The molecule has 1 aliphatic heterocycles. The van der Waals surface area contributed by atoms with Gasteiger partial charge in [-0.3, -0.25) is 4.79 Å². The van der Waals surface area contributed by atoms with Crippen molar-refractivity contribution in [1.82, 2.24) is 0 Å². The Bertz CT molecular complexity index is 1140. The highest BCUT2D eigenvalue weighted by molar-refractivity contribution is 7.90. The lowest BCUT2D eigenvalue weighted by molar-refractivity contribution is -0.141. The molecular weight excluding hydrogens is 404 g/mol. The van der Waals surface area contributed by atoms with Gasteiger partial charge in [-0.05, 0) is 62.8 Å². The molecule has 8 heteroatoms. The first kappa shape index (κ1) is 21.8. The number of carbonyl (C=O) groups is 1. The van der Waals surface area contributed by atoms with Crippen molar-refractivity contribution in [2.24, 2.45) is 10.1 Å². The van der Waals surface area contributed by atoms with Gasteiger partial charge in [0.1, 0.15) is 17.2 Å². The van der Waals surface area contributed by atoms with Crippen molar-refractivity contribution in [3.8, 4) is 5.75 Å². The minimum Gasteiger partial charge on any atom is -0.486 e. The number of fused-ring (bicyclic) bond motifs is 1. The van der Waals surface area contributed by atoms with E-state index in [1.165, 1.54) is 0 Å². The van der Waals surface area contributed by atoms with Crippen LogP contribution < -0.4 is 10.5 Å². The monoisotopic (exact) mass is 430 g/mol. The van der Waals surface area contributed by atoms with E-state index >= 15 is 0 Å². The molecule has 2 aromatic rings. The van der Waals surface area contributed by atoms with Crippen LogP contribution in [0.3, 0.4) is 0 Å². The van der Waals surface area contributed by atoms with Crippen molar-refractivity contribution in [3.05, 3.63) is 58.1 Å². The van der Waals surface area contributed by atoms with Gasteiger partial charge in [0.15, 0.2) is 0 Å². The average molecular weight is 431 g/mol. The molecule has 0 amide bonds. The number of nitrogens with two attached hydrogens (primary N) is 1. The van der Waals surface area contributed by atoms with Gasteiger partial charge in [-0.15, -0.1) is 4.40 Å². The van der Waals surface area contributed by atoms with Crippen LogP contribution in [-0.2, 0) is 21.2 Å². The zero-order chi connectivity index (χ0) is 22.3. The molecule has 1 heterocycles. The van der Waals surface area contributed by atoms with Crippen LogP contribution in [0.4, 0.5) is 0 Å². The van der Waals surface area contributed by atoms with E-state index in [1.807, 2.05) is 6.07 Å². The van der Waals surface area contributed by atoms with Crippen molar-refractivity contribution < 1.29 is 23.1 Å². The lowest BCUT2D eigenvalue weighted by Crippen LogP contribution is -2.39. The summed E-state index contributed by atoms with van der Waals surface area (Å²) in [4.78, 5) is 11.4. The van der Waals surface area contributed by atoms with Crippen molar-refractivity contribution in [2.75, 3.05) is 0 Å². The number of aliphatic carboxylic acids is 1. The fourth-order valence-electron chi connectivity index (χ4n) is 3.95. The highest BCUT2D eigenvalue weighted by Gasteiger charge is 2.37. The van der Waals surface area contributed by atoms with Gasteiger partial charge in [-0.1, -0.05) is 30.3 Å². The number of hydrogen-bond donors (Lipinski definition) is 2. The molecule has 160 valence electrons. The summed E-state index contributed by atoms with van der Waals surface area (Å²) >= 11 is 0. The van der Waals surface area contributed by atoms with Crippen LogP contribution in [0.25, 0.3) is 0 Å². The summed E-state index contributed by atoms with van der Waals surface area (Å²) in [6, 6.07) is 8.72. The zero-order valence-corrected chi connectivity index (χ0v) is 18.3. The molecular formula is C22H26N2O5S. The van der Waals surface area contributed by atoms with Crippen molar-refractivity contribution in [3.63, 3.8) is 0 Å². The van der Waals surface area contributed by atoms with Gasteiger partial charge in [0.25, 0.3) is 10.0 Å². The number of carboxylic acids is 1. The Balaban J connectivity index is 2.11. The molecule has 3 rings (SSSR count). The third-order valence-corrected chi connectivity index (χ3v) is 7.20. The fraction of sp³-hybridized carbons (Fsp3) is 0.364. The maximum absolute atomic E-state index is 13.2. The number of amidine groups is 1. The van der Waals surface area contributed by atoms with Crippen LogP contribution >= 0.6 is 0 Å². The lowest BCUT2D eigenvalue weighted by atomic mass is 9.86. The number of rotatable bonds is 5. The first-order valence-corrected chi connectivity index (χ1v) is 11.1. The average Bonchev–Trinajstić information content (AvgIpc) is 2.65.